The summed E-state index contributed by atoms with van der Waals surface area (Å²) in [5.74, 6) is 3.86. The van der Waals surface area contributed by atoms with Crippen molar-refractivity contribution in [2.75, 3.05) is 11.5 Å². The second-order valence-corrected chi connectivity index (χ2v) is 9.16. The third-order valence-electron chi connectivity index (χ3n) is 2.50. The van der Waals surface area contributed by atoms with E-state index in [1.54, 1.807) is 12.5 Å². The number of hydrogen-bond acceptors (Lipinski definition) is 8. The summed E-state index contributed by atoms with van der Waals surface area (Å²) in [6.45, 7) is 0. The summed E-state index contributed by atoms with van der Waals surface area (Å²) in [6, 6.07) is 7.81. The van der Waals surface area contributed by atoms with Gasteiger partial charge >= 0.3 is 0 Å². The van der Waals surface area contributed by atoms with E-state index >= 15 is 0 Å². The molecular weight excluding hydrogens is 369 g/mol. The molecule has 0 amide bonds. The molecule has 8 heteroatoms. The SMILES string of the molecule is SSC(CSSCC(SS)c1ccco1)c1ccco1. The minimum Gasteiger partial charge on any atom is -0.468 e. The topological polar surface area (TPSA) is 26.3 Å². The fourth-order valence-corrected chi connectivity index (χ4v) is 7.27. The van der Waals surface area contributed by atoms with Crippen LogP contribution in [0.1, 0.15) is 22.0 Å². The molecule has 0 saturated carbocycles. The molecule has 0 aliphatic heterocycles. The maximum absolute atomic E-state index is 5.42. The van der Waals surface area contributed by atoms with Gasteiger partial charge in [-0.25, -0.2) is 0 Å². The zero-order valence-corrected chi connectivity index (χ0v) is 15.4. The zero-order chi connectivity index (χ0) is 14.2. The van der Waals surface area contributed by atoms with Crippen LogP contribution in [-0.2, 0) is 0 Å². The maximum atomic E-state index is 5.42. The highest BCUT2D eigenvalue weighted by Gasteiger charge is 2.16. The predicted molar refractivity (Wildman–Crippen MR) is 101 cm³/mol. The molecule has 0 spiro atoms. The van der Waals surface area contributed by atoms with E-state index in [1.165, 1.54) is 21.6 Å². The summed E-state index contributed by atoms with van der Waals surface area (Å²) in [6.07, 6.45) is 3.41. The van der Waals surface area contributed by atoms with Gasteiger partial charge in [-0.1, -0.05) is 43.2 Å². The summed E-state index contributed by atoms with van der Waals surface area (Å²) in [4.78, 5) is 0. The lowest BCUT2D eigenvalue weighted by molar-refractivity contribution is 0.514. The van der Waals surface area contributed by atoms with Crippen molar-refractivity contribution in [2.45, 2.75) is 10.5 Å². The molecule has 2 unspecified atom stereocenters. The van der Waals surface area contributed by atoms with Gasteiger partial charge in [0.15, 0.2) is 0 Å². The van der Waals surface area contributed by atoms with E-state index < -0.39 is 0 Å². The van der Waals surface area contributed by atoms with Gasteiger partial charge in [0.1, 0.15) is 11.5 Å². The Morgan fingerprint density at radius 2 is 1.30 bits per heavy atom. The van der Waals surface area contributed by atoms with Crippen LogP contribution in [0, 0.1) is 0 Å². The van der Waals surface area contributed by atoms with Crippen LogP contribution in [0.3, 0.4) is 0 Å². The first-order chi connectivity index (χ1) is 9.85. The Bertz CT molecular complexity index is 414. The lowest BCUT2D eigenvalue weighted by Crippen LogP contribution is -1.95. The van der Waals surface area contributed by atoms with Gasteiger partial charge < -0.3 is 8.83 Å². The molecule has 2 atom stereocenters. The van der Waals surface area contributed by atoms with Crippen LogP contribution in [0.5, 0.6) is 0 Å². The van der Waals surface area contributed by atoms with Crippen molar-refractivity contribution in [1.29, 1.82) is 0 Å². The van der Waals surface area contributed by atoms with Crippen molar-refractivity contribution in [1.82, 2.24) is 0 Å². The first-order valence-corrected chi connectivity index (χ1v) is 12.1. The van der Waals surface area contributed by atoms with E-state index in [1.807, 2.05) is 45.9 Å². The lowest BCUT2D eigenvalue weighted by atomic mass is 10.3. The van der Waals surface area contributed by atoms with Crippen molar-refractivity contribution in [3.05, 3.63) is 48.3 Å². The predicted octanol–water partition coefficient (Wildman–Crippen LogP) is 6.19. The van der Waals surface area contributed by atoms with Gasteiger partial charge in [0, 0.05) is 11.5 Å². The smallest absolute Gasteiger partial charge is 0.118 e. The molecule has 0 N–H and O–H groups in total. The van der Waals surface area contributed by atoms with Crippen molar-refractivity contribution in [2.24, 2.45) is 0 Å². The molecule has 0 fully saturated rings. The third kappa shape index (κ3) is 5.14. The van der Waals surface area contributed by atoms with Gasteiger partial charge in [0.2, 0.25) is 0 Å². The lowest BCUT2D eigenvalue weighted by Gasteiger charge is -2.12. The molecule has 0 saturated heterocycles. The molecule has 0 aliphatic carbocycles. The molecule has 2 heterocycles. The van der Waals surface area contributed by atoms with Gasteiger partial charge in [0.25, 0.3) is 0 Å². The molecule has 0 aliphatic rings. The molecule has 0 aromatic carbocycles. The average Bonchev–Trinajstić information content (AvgIpc) is 3.15. The summed E-state index contributed by atoms with van der Waals surface area (Å²) in [5.41, 5.74) is 0. The Morgan fingerprint density at radius 1 is 0.850 bits per heavy atom. The molecular formula is C12H14O2S6. The summed E-state index contributed by atoms with van der Waals surface area (Å²) >= 11 is 8.63. The van der Waals surface area contributed by atoms with Crippen LogP contribution in [-0.4, -0.2) is 11.5 Å². The van der Waals surface area contributed by atoms with Gasteiger partial charge in [-0.3, -0.25) is 0 Å². The fraction of sp³-hybridized carbons (Fsp3) is 0.333. The van der Waals surface area contributed by atoms with Crippen LogP contribution in [0.2, 0.25) is 0 Å². The average molecular weight is 383 g/mol. The van der Waals surface area contributed by atoms with Crippen LogP contribution in [0.25, 0.3) is 0 Å². The van der Waals surface area contributed by atoms with Crippen LogP contribution in [0.15, 0.2) is 45.6 Å². The fourth-order valence-electron chi connectivity index (χ4n) is 1.50. The van der Waals surface area contributed by atoms with Crippen molar-refractivity contribution in [3.63, 3.8) is 0 Å². The standard InChI is InChI=1S/C12H14O2S6/c15-19-11(9-3-1-5-13-9)7-17-18-8-12(20-16)10-4-2-6-14-10/h1-6,11-12,15-16H,7-8H2. The van der Waals surface area contributed by atoms with E-state index in [-0.39, 0.29) is 10.5 Å². The quantitative estimate of drug-likeness (QED) is 0.305. The highest BCUT2D eigenvalue weighted by molar-refractivity contribution is 8.77. The molecule has 2 aromatic heterocycles. The van der Waals surface area contributed by atoms with Crippen LogP contribution >= 0.6 is 66.5 Å². The zero-order valence-electron chi connectivity index (χ0n) is 10.4. The highest BCUT2D eigenvalue weighted by Crippen LogP contribution is 2.42. The van der Waals surface area contributed by atoms with Gasteiger partial charge in [-0.05, 0) is 24.3 Å². The summed E-state index contributed by atoms with van der Waals surface area (Å²) in [7, 11) is 6.68. The van der Waals surface area contributed by atoms with Crippen molar-refractivity contribution >= 4 is 66.5 Å². The summed E-state index contributed by atoms with van der Waals surface area (Å²) in [5, 5.41) is 0.549. The molecule has 0 bridgehead atoms. The molecule has 2 nitrogen and oxygen atoms in total. The van der Waals surface area contributed by atoms with E-state index in [2.05, 4.69) is 23.3 Å². The van der Waals surface area contributed by atoms with Crippen molar-refractivity contribution < 1.29 is 8.83 Å². The second kappa shape index (κ2) is 9.63. The Labute approximate surface area is 145 Å². The van der Waals surface area contributed by atoms with Gasteiger partial charge in [0.05, 0.1) is 23.0 Å². The molecule has 110 valence electrons. The molecule has 20 heavy (non-hydrogen) atoms. The van der Waals surface area contributed by atoms with E-state index in [0.29, 0.717) is 0 Å². The third-order valence-corrected chi connectivity index (χ3v) is 8.18. The van der Waals surface area contributed by atoms with Gasteiger partial charge in [-0.15, -0.1) is 23.3 Å². The van der Waals surface area contributed by atoms with E-state index in [9.17, 15) is 0 Å². The van der Waals surface area contributed by atoms with E-state index in [4.69, 9.17) is 8.83 Å². The largest absolute Gasteiger partial charge is 0.468 e. The van der Waals surface area contributed by atoms with Crippen LogP contribution < -0.4 is 0 Å². The Hall–Kier alpha value is 0.660. The van der Waals surface area contributed by atoms with Gasteiger partial charge in [-0.2, -0.15) is 0 Å². The monoisotopic (exact) mass is 382 g/mol. The molecule has 2 aromatic rings. The van der Waals surface area contributed by atoms with Crippen molar-refractivity contribution in [3.8, 4) is 0 Å². The Morgan fingerprint density at radius 3 is 1.60 bits per heavy atom. The number of thiol groups is 2. The molecule has 0 radical (unpaired) electrons. The summed E-state index contributed by atoms with van der Waals surface area (Å²) < 4.78 is 10.8. The normalized spacial score (nSPS) is 14.3. The Kier molecular flexibility index (Phi) is 8.20. The maximum Gasteiger partial charge on any atom is 0.118 e. The first-order valence-electron chi connectivity index (χ1n) is 5.76. The second-order valence-electron chi connectivity index (χ2n) is 3.79. The van der Waals surface area contributed by atoms with Crippen LogP contribution in [0.4, 0.5) is 0 Å². The highest BCUT2D eigenvalue weighted by atomic mass is 33.1. The number of furan rings is 2. The number of rotatable bonds is 9. The van der Waals surface area contributed by atoms with E-state index in [0.717, 1.165) is 23.0 Å². The number of hydrogen-bond donors (Lipinski definition) is 2. The molecule has 2 rings (SSSR count). The Balaban J connectivity index is 1.72. The minimum absolute atomic E-state index is 0.275. The minimum atomic E-state index is 0.275. The first kappa shape index (κ1) is 17.0.